The quantitative estimate of drug-likeness (QED) is 0.840. The van der Waals surface area contributed by atoms with Crippen LogP contribution in [0.1, 0.15) is 24.4 Å². The van der Waals surface area contributed by atoms with E-state index in [0.717, 1.165) is 8.95 Å². The van der Waals surface area contributed by atoms with E-state index in [1.54, 1.807) is 18.2 Å². The second kappa shape index (κ2) is 5.51. The third-order valence-corrected chi connectivity index (χ3v) is 3.99. The standard InChI is InChI=1S/C10H10Br2F3N/c11-7-2-1-6(5-8(7)12)9(16)3-4-10(13,14)15/h1-2,5,9H,3-4,16H2/t9-/m0/s1. The molecule has 1 atom stereocenters. The molecule has 0 aliphatic carbocycles. The molecule has 6 heteroatoms. The first kappa shape index (κ1) is 14.0. The number of hydrogen-bond donors (Lipinski definition) is 1. The van der Waals surface area contributed by atoms with Crippen LogP contribution in [0.4, 0.5) is 13.2 Å². The molecule has 0 aliphatic rings. The minimum atomic E-state index is -4.15. The lowest BCUT2D eigenvalue weighted by atomic mass is 10.0. The van der Waals surface area contributed by atoms with Gasteiger partial charge in [-0.15, -0.1) is 0 Å². The number of halogens is 5. The summed E-state index contributed by atoms with van der Waals surface area (Å²) in [5, 5.41) is 0. The lowest BCUT2D eigenvalue weighted by Gasteiger charge is -2.14. The second-order valence-corrected chi connectivity index (χ2v) is 5.14. The van der Waals surface area contributed by atoms with Crippen LogP contribution in [0.3, 0.4) is 0 Å². The summed E-state index contributed by atoms with van der Waals surface area (Å²) < 4.78 is 37.6. The van der Waals surface area contributed by atoms with Gasteiger partial charge < -0.3 is 5.73 Å². The van der Waals surface area contributed by atoms with Crippen molar-refractivity contribution in [2.24, 2.45) is 5.73 Å². The van der Waals surface area contributed by atoms with Gasteiger partial charge in [0.15, 0.2) is 0 Å². The molecule has 2 N–H and O–H groups in total. The van der Waals surface area contributed by atoms with E-state index < -0.39 is 18.6 Å². The molecule has 0 bridgehead atoms. The molecule has 16 heavy (non-hydrogen) atoms. The predicted molar refractivity (Wildman–Crippen MR) is 64.1 cm³/mol. The summed E-state index contributed by atoms with van der Waals surface area (Å²) in [7, 11) is 0. The Kier molecular flexibility index (Phi) is 4.82. The maximum absolute atomic E-state index is 12.0. The zero-order valence-corrected chi connectivity index (χ0v) is 11.4. The Morgan fingerprint density at radius 3 is 2.31 bits per heavy atom. The fraction of sp³-hybridized carbons (Fsp3) is 0.400. The monoisotopic (exact) mass is 359 g/mol. The molecule has 90 valence electrons. The highest BCUT2D eigenvalue weighted by molar-refractivity contribution is 9.13. The third kappa shape index (κ3) is 4.43. The van der Waals surface area contributed by atoms with Gasteiger partial charge in [-0.3, -0.25) is 0 Å². The van der Waals surface area contributed by atoms with Crippen LogP contribution in [-0.4, -0.2) is 6.18 Å². The van der Waals surface area contributed by atoms with E-state index in [2.05, 4.69) is 31.9 Å². The number of rotatable bonds is 3. The molecule has 1 nitrogen and oxygen atoms in total. The Hall–Kier alpha value is -0.0700. The average Bonchev–Trinajstić information content (AvgIpc) is 2.17. The maximum Gasteiger partial charge on any atom is 0.389 e. The Labute approximate surface area is 108 Å². The summed E-state index contributed by atoms with van der Waals surface area (Å²) in [5.74, 6) is 0. The van der Waals surface area contributed by atoms with Crippen LogP contribution in [-0.2, 0) is 0 Å². The van der Waals surface area contributed by atoms with Crippen molar-refractivity contribution in [1.29, 1.82) is 0 Å². The molecule has 0 aromatic heterocycles. The van der Waals surface area contributed by atoms with Gasteiger partial charge in [0, 0.05) is 21.4 Å². The second-order valence-electron chi connectivity index (χ2n) is 3.43. The van der Waals surface area contributed by atoms with Gasteiger partial charge in [-0.2, -0.15) is 13.2 Å². The first-order chi connectivity index (χ1) is 7.29. The van der Waals surface area contributed by atoms with Crippen molar-refractivity contribution in [3.63, 3.8) is 0 Å². The average molecular weight is 361 g/mol. The molecule has 0 spiro atoms. The van der Waals surface area contributed by atoms with Crippen molar-refractivity contribution >= 4 is 31.9 Å². The van der Waals surface area contributed by atoms with Gasteiger partial charge >= 0.3 is 6.18 Å². The molecule has 0 aliphatic heterocycles. The van der Waals surface area contributed by atoms with Gasteiger partial charge in [0.05, 0.1) is 0 Å². The normalized spacial score (nSPS) is 13.9. The molecule has 0 amide bonds. The SMILES string of the molecule is N[C@@H](CCC(F)(F)F)c1ccc(Br)c(Br)c1. The highest BCUT2D eigenvalue weighted by Crippen LogP contribution is 2.29. The molecule has 0 heterocycles. The highest BCUT2D eigenvalue weighted by Gasteiger charge is 2.27. The van der Waals surface area contributed by atoms with Crippen LogP contribution >= 0.6 is 31.9 Å². The van der Waals surface area contributed by atoms with E-state index >= 15 is 0 Å². The van der Waals surface area contributed by atoms with Crippen molar-refractivity contribution in [2.45, 2.75) is 25.1 Å². The lowest BCUT2D eigenvalue weighted by Crippen LogP contribution is -2.15. The largest absolute Gasteiger partial charge is 0.389 e. The third-order valence-electron chi connectivity index (χ3n) is 2.11. The van der Waals surface area contributed by atoms with Gasteiger partial charge in [0.25, 0.3) is 0 Å². The summed E-state index contributed by atoms with van der Waals surface area (Å²) in [6, 6.07) is 4.61. The molecule has 1 rings (SSSR count). The van der Waals surface area contributed by atoms with Gasteiger partial charge in [-0.1, -0.05) is 6.07 Å². The van der Waals surface area contributed by atoms with E-state index in [1.165, 1.54) is 0 Å². The molecular formula is C10H10Br2F3N. The van der Waals surface area contributed by atoms with Crippen LogP contribution in [0.15, 0.2) is 27.1 Å². The summed E-state index contributed by atoms with van der Waals surface area (Å²) in [5.41, 5.74) is 6.38. The molecule has 0 unspecified atom stereocenters. The summed E-state index contributed by atoms with van der Waals surface area (Å²) in [6.45, 7) is 0. The van der Waals surface area contributed by atoms with Gasteiger partial charge in [0.2, 0.25) is 0 Å². The first-order valence-corrected chi connectivity index (χ1v) is 6.15. The van der Waals surface area contributed by atoms with E-state index in [9.17, 15) is 13.2 Å². The molecule has 0 saturated heterocycles. The molecule has 0 fully saturated rings. The number of nitrogens with two attached hydrogens (primary N) is 1. The summed E-state index contributed by atoms with van der Waals surface area (Å²) in [4.78, 5) is 0. The molecular weight excluding hydrogens is 351 g/mol. The van der Waals surface area contributed by atoms with E-state index in [-0.39, 0.29) is 6.42 Å². The van der Waals surface area contributed by atoms with Crippen LogP contribution < -0.4 is 5.73 Å². The molecule has 1 aromatic rings. The van der Waals surface area contributed by atoms with Gasteiger partial charge in [-0.25, -0.2) is 0 Å². The Morgan fingerprint density at radius 1 is 1.19 bits per heavy atom. The van der Waals surface area contributed by atoms with E-state index in [4.69, 9.17) is 5.73 Å². The summed E-state index contributed by atoms with van der Waals surface area (Å²) in [6.07, 6.45) is -5.11. The predicted octanol–water partition coefficient (Wildman–Crippen LogP) is 4.55. The van der Waals surface area contributed by atoms with E-state index in [1.807, 2.05) is 0 Å². The zero-order chi connectivity index (χ0) is 12.3. The summed E-state index contributed by atoms with van der Waals surface area (Å²) >= 11 is 6.56. The number of hydrogen-bond acceptors (Lipinski definition) is 1. The van der Waals surface area contributed by atoms with Crippen molar-refractivity contribution in [1.82, 2.24) is 0 Å². The fourth-order valence-electron chi connectivity index (χ4n) is 1.23. The van der Waals surface area contributed by atoms with Crippen LogP contribution in [0.2, 0.25) is 0 Å². The Morgan fingerprint density at radius 2 is 1.81 bits per heavy atom. The minimum absolute atomic E-state index is 0.0996. The van der Waals surface area contributed by atoms with Crippen molar-refractivity contribution < 1.29 is 13.2 Å². The topological polar surface area (TPSA) is 26.0 Å². The fourth-order valence-corrected chi connectivity index (χ4v) is 1.87. The van der Waals surface area contributed by atoms with Crippen LogP contribution in [0, 0.1) is 0 Å². The molecule has 1 aromatic carbocycles. The highest BCUT2D eigenvalue weighted by atomic mass is 79.9. The lowest BCUT2D eigenvalue weighted by molar-refractivity contribution is -0.136. The number of alkyl halides is 3. The van der Waals surface area contributed by atoms with Crippen molar-refractivity contribution in [3.8, 4) is 0 Å². The first-order valence-electron chi connectivity index (χ1n) is 4.57. The van der Waals surface area contributed by atoms with Crippen molar-refractivity contribution in [3.05, 3.63) is 32.7 Å². The number of benzene rings is 1. The van der Waals surface area contributed by atoms with Crippen LogP contribution in [0.25, 0.3) is 0 Å². The molecule has 0 saturated carbocycles. The van der Waals surface area contributed by atoms with Gasteiger partial charge in [-0.05, 0) is 56.0 Å². The minimum Gasteiger partial charge on any atom is -0.324 e. The van der Waals surface area contributed by atoms with Crippen LogP contribution in [0.5, 0.6) is 0 Å². The van der Waals surface area contributed by atoms with Crippen molar-refractivity contribution in [2.75, 3.05) is 0 Å². The molecule has 0 radical (unpaired) electrons. The Bertz CT molecular complexity index is 366. The van der Waals surface area contributed by atoms with E-state index in [0.29, 0.717) is 5.56 Å². The zero-order valence-electron chi connectivity index (χ0n) is 8.19. The smallest absolute Gasteiger partial charge is 0.324 e. The maximum atomic E-state index is 12.0. The van der Waals surface area contributed by atoms with Gasteiger partial charge in [0.1, 0.15) is 0 Å². The Balaban J connectivity index is 2.66.